The number of benzene rings is 2. The van der Waals surface area contributed by atoms with E-state index in [1.807, 2.05) is 6.07 Å². The van der Waals surface area contributed by atoms with Crippen molar-refractivity contribution in [2.24, 2.45) is 0 Å². The minimum Gasteiger partial charge on any atom is -0.508 e. The molecule has 0 aliphatic heterocycles. The van der Waals surface area contributed by atoms with Crippen molar-refractivity contribution in [3.8, 4) is 17.2 Å². The van der Waals surface area contributed by atoms with Gasteiger partial charge in [-0.2, -0.15) is 8.42 Å². The second-order valence-electron chi connectivity index (χ2n) is 7.05. The van der Waals surface area contributed by atoms with Gasteiger partial charge >= 0.3 is 0 Å². The maximum atomic E-state index is 12.0. The Morgan fingerprint density at radius 3 is 2.11 bits per heavy atom. The van der Waals surface area contributed by atoms with Crippen molar-refractivity contribution in [1.82, 2.24) is 0 Å². The summed E-state index contributed by atoms with van der Waals surface area (Å²) in [5.74, 6) is 0.271. The Hall–Kier alpha value is -2.05. The van der Waals surface area contributed by atoms with Gasteiger partial charge in [0.15, 0.2) is 5.75 Å². The summed E-state index contributed by atoms with van der Waals surface area (Å²) < 4.78 is 39.4. The number of hydrogen-bond donors (Lipinski definition) is 2. The second-order valence-corrected chi connectivity index (χ2v) is 8.41. The molecule has 154 valence electrons. The Bertz CT molecular complexity index is 832. The highest BCUT2D eigenvalue weighted by Crippen LogP contribution is 2.36. The zero-order chi connectivity index (χ0) is 20.4. The molecular weight excluding hydrogens is 376 g/mol. The summed E-state index contributed by atoms with van der Waals surface area (Å²) >= 11 is 0. The molecule has 5 nitrogen and oxygen atoms in total. The van der Waals surface area contributed by atoms with Crippen LogP contribution in [-0.4, -0.2) is 18.1 Å². The lowest BCUT2D eigenvalue weighted by Gasteiger charge is -2.14. The fourth-order valence-electron chi connectivity index (χ4n) is 3.26. The summed E-state index contributed by atoms with van der Waals surface area (Å²) in [5.41, 5.74) is 0.374. The van der Waals surface area contributed by atoms with E-state index >= 15 is 0 Å². The average Bonchev–Trinajstić information content (AvgIpc) is 2.63. The summed E-state index contributed by atoms with van der Waals surface area (Å²) in [5, 5.41) is 10.0. The molecule has 0 radical (unpaired) electrons. The van der Waals surface area contributed by atoms with Gasteiger partial charge in [-0.3, -0.25) is 4.55 Å². The number of unbranched alkanes of at least 4 members (excludes halogenated alkanes) is 7. The van der Waals surface area contributed by atoms with Crippen LogP contribution in [0.1, 0.15) is 63.9 Å². The lowest BCUT2D eigenvalue weighted by atomic mass is 10.0. The van der Waals surface area contributed by atoms with Gasteiger partial charge in [0.05, 0.1) is 0 Å². The van der Waals surface area contributed by atoms with Crippen LogP contribution >= 0.6 is 0 Å². The normalized spacial score (nSPS) is 11.5. The monoisotopic (exact) mass is 406 g/mol. The maximum Gasteiger partial charge on any atom is 0.298 e. The van der Waals surface area contributed by atoms with E-state index in [2.05, 4.69) is 6.92 Å². The smallest absolute Gasteiger partial charge is 0.298 e. The van der Waals surface area contributed by atoms with Crippen LogP contribution in [0.4, 0.5) is 0 Å². The van der Waals surface area contributed by atoms with Crippen LogP contribution in [0.25, 0.3) is 0 Å². The van der Waals surface area contributed by atoms with E-state index in [1.54, 1.807) is 24.3 Å². The highest BCUT2D eigenvalue weighted by molar-refractivity contribution is 7.86. The van der Waals surface area contributed by atoms with Gasteiger partial charge < -0.3 is 9.84 Å². The molecule has 0 saturated carbocycles. The van der Waals surface area contributed by atoms with Crippen molar-refractivity contribution in [3.05, 3.63) is 48.0 Å². The summed E-state index contributed by atoms with van der Waals surface area (Å²) in [6.07, 6.45) is 9.45. The van der Waals surface area contributed by atoms with Crippen LogP contribution in [-0.2, 0) is 16.5 Å². The predicted molar refractivity (Wildman–Crippen MR) is 111 cm³/mol. The minimum atomic E-state index is -4.49. The van der Waals surface area contributed by atoms with Crippen molar-refractivity contribution in [2.75, 3.05) is 0 Å². The molecule has 0 aliphatic rings. The molecule has 6 heteroatoms. The number of aryl methyl sites for hydroxylation is 1. The van der Waals surface area contributed by atoms with E-state index in [1.165, 1.54) is 44.2 Å². The summed E-state index contributed by atoms with van der Waals surface area (Å²) in [4.78, 5) is -0.267. The Labute approximate surface area is 168 Å². The molecule has 0 bridgehead atoms. The van der Waals surface area contributed by atoms with Crippen LogP contribution in [0.15, 0.2) is 47.4 Å². The number of ether oxygens (including phenoxy) is 1. The van der Waals surface area contributed by atoms with Gasteiger partial charge in [-0.15, -0.1) is 0 Å². The third kappa shape index (κ3) is 7.17. The number of rotatable bonds is 12. The van der Waals surface area contributed by atoms with Crippen LogP contribution in [0.3, 0.4) is 0 Å². The first-order valence-electron chi connectivity index (χ1n) is 9.98. The standard InChI is InChI=1S/C22H30O5S/c1-2-3-4-5-6-7-8-10-13-18-16-19(23)17-21(22(18)28(24,25)26)27-20-14-11-9-12-15-20/h9,11-12,14-17,23H,2-8,10,13H2,1H3,(H,24,25,26). The zero-order valence-corrected chi connectivity index (χ0v) is 17.2. The van der Waals surface area contributed by atoms with Crippen molar-refractivity contribution in [2.45, 2.75) is 69.6 Å². The number of aromatic hydroxyl groups is 1. The Morgan fingerprint density at radius 1 is 0.893 bits per heavy atom. The van der Waals surface area contributed by atoms with Crippen molar-refractivity contribution in [3.63, 3.8) is 0 Å². The molecule has 0 spiro atoms. The maximum absolute atomic E-state index is 12.0. The van der Waals surface area contributed by atoms with Gasteiger partial charge in [0.2, 0.25) is 0 Å². The van der Waals surface area contributed by atoms with Gasteiger partial charge in [-0.1, -0.05) is 70.1 Å². The first-order valence-corrected chi connectivity index (χ1v) is 11.4. The molecule has 0 atom stereocenters. The number of para-hydroxylation sites is 1. The van der Waals surface area contributed by atoms with E-state index in [0.717, 1.165) is 19.3 Å². The van der Waals surface area contributed by atoms with Crippen LogP contribution in [0.2, 0.25) is 0 Å². The molecule has 0 aromatic heterocycles. The molecule has 2 aromatic rings. The molecule has 28 heavy (non-hydrogen) atoms. The minimum absolute atomic E-state index is 0.0664. The van der Waals surface area contributed by atoms with E-state index < -0.39 is 10.1 Å². The average molecular weight is 407 g/mol. The third-order valence-corrected chi connectivity index (χ3v) is 5.62. The van der Waals surface area contributed by atoms with Crippen LogP contribution in [0.5, 0.6) is 17.2 Å². The number of phenolic OH excluding ortho intramolecular Hbond substituents is 1. The molecular formula is C22H30O5S. The molecule has 0 aliphatic carbocycles. The van der Waals surface area contributed by atoms with Crippen LogP contribution in [0, 0.1) is 0 Å². The first kappa shape index (κ1) is 22.2. The summed E-state index contributed by atoms with van der Waals surface area (Å²) in [6, 6.07) is 11.3. The first-order chi connectivity index (χ1) is 13.4. The lowest BCUT2D eigenvalue weighted by Crippen LogP contribution is -2.06. The molecule has 0 heterocycles. The van der Waals surface area contributed by atoms with Gasteiger partial charge in [0.1, 0.15) is 16.4 Å². The second kappa shape index (κ2) is 11.1. The van der Waals surface area contributed by atoms with Crippen molar-refractivity contribution >= 4 is 10.1 Å². The van der Waals surface area contributed by atoms with Gasteiger partial charge in [-0.05, 0) is 36.6 Å². The third-order valence-electron chi connectivity index (χ3n) is 4.65. The molecule has 0 amide bonds. The van der Waals surface area contributed by atoms with Crippen molar-refractivity contribution in [1.29, 1.82) is 0 Å². The van der Waals surface area contributed by atoms with Crippen LogP contribution < -0.4 is 4.74 Å². The number of phenols is 1. The highest BCUT2D eigenvalue weighted by Gasteiger charge is 2.23. The predicted octanol–water partition coefficient (Wildman–Crippen LogP) is 6.11. The topological polar surface area (TPSA) is 83.8 Å². The zero-order valence-electron chi connectivity index (χ0n) is 16.4. The molecule has 2 rings (SSSR count). The van der Waals surface area contributed by atoms with Gasteiger partial charge in [0.25, 0.3) is 10.1 Å². The number of hydrogen-bond acceptors (Lipinski definition) is 4. The Kier molecular flexibility index (Phi) is 8.80. The van der Waals surface area contributed by atoms with Gasteiger partial charge in [0, 0.05) is 6.07 Å². The summed E-state index contributed by atoms with van der Waals surface area (Å²) in [6.45, 7) is 2.19. The fraction of sp³-hybridized carbons (Fsp3) is 0.455. The largest absolute Gasteiger partial charge is 0.508 e. The fourth-order valence-corrected chi connectivity index (χ4v) is 4.11. The molecule has 2 N–H and O–H groups in total. The van der Waals surface area contributed by atoms with E-state index in [9.17, 15) is 18.1 Å². The van der Waals surface area contributed by atoms with E-state index in [0.29, 0.717) is 17.7 Å². The molecule has 0 fully saturated rings. The van der Waals surface area contributed by atoms with E-state index in [4.69, 9.17) is 4.74 Å². The lowest BCUT2D eigenvalue weighted by molar-refractivity contribution is 0.434. The SMILES string of the molecule is CCCCCCCCCCc1cc(O)cc(Oc2ccccc2)c1S(=O)(=O)O. The van der Waals surface area contributed by atoms with Gasteiger partial charge in [-0.25, -0.2) is 0 Å². The molecule has 2 aromatic carbocycles. The molecule has 0 saturated heterocycles. The van der Waals surface area contributed by atoms with E-state index in [-0.39, 0.29) is 16.4 Å². The highest BCUT2D eigenvalue weighted by atomic mass is 32.2. The van der Waals surface area contributed by atoms with Crippen molar-refractivity contribution < 1.29 is 22.8 Å². The Balaban J connectivity index is 2.08. The quantitative estimate of drug-likeness (QED) is 0.328. The summed E-state index contributed by atoms with van der Waals surface area (Å²) in [7, 11) is -4.49. The molecule has 0 unspecified atom stereocenters. The Morgan fingerprint density at radius 2 is 1.50 bits per heavy atom.